The molecule has 1 atom stereocenters. The quantitative estimate of drug-likeness (QED) is 0.454. The largest absolute Gasteiger partial charge is 0.379 e. The lowest BCUT2D eigenvalue weighted by molar-refractivity contribution is -0.136. The van der Waals surface area contributed by atoms with E-state index in [-0.39, 0.29) is 12.8 Å². The summed E-state index contributed by atoms with van der Waals surface area (Å²) in [5.41, 5.74) is 6.72. The fraction of sp³-hybridized carbons (Fsp3) is 0.474. The number of ether oxygens (including phenoxy) is 1. The molecule has 28 heavy (non-hydrogen) atoms. The van der Waals surface area contributed by atoms with Crippen molar-refractivity contribution in [3.63, 3.8) is 0 Å². The molecule has 2 aliphatic rings. The van der Waals surface area contributed by atoms with E-state index in [9.17, 15) is 19.2 Å². The molecule has 0 saturated carbocycles. The number of fused-ring (bicyclic) bond motifs is 1. The summed E-state index contributed by atoms with van der Waals surface area (Å²) in [5, 5.41) is 2.20. The van der Waals surface area contributed by atoms with Crippen LogP contribution in [0, 0.1) is 0 Å². The summed E-state index contributed by atoms with van der Waals surface area (Å²) in [6.07, 6.45) is 0.242. The minimum atomic E-state index is -0.958. The van der Waals surface area contributed by atoms with E-state index in [0.717, 1.165) is 4.90 Å². The molecule has 2 heterocycles. The molecule has 3 rings (SSSR count). The zero-order chi connectivity index (χ0) is 20.3. The third-order valence-electron chi connectivity index (χ3n) is 4.87. The molecule has 1 saturated heterocycles. The molecule has 3 N–H and O–H groups in total. The Balaban J connectivity index is 1.76. The highest BCUT2D eigenvalue weighted by Crippen LogP contribution is 2.30. The number of carbonyl (C=O) groups excluding carboxylic acids is 4. The number of benzene rings is 1. The number of imide groups is 2. The number of hydrogen-bond donors (Lipinski definition) is 2. The van der Waals surface area contributed by atoms with Crippen molar-refractivity contribution in [2.75, 3.05) is 33.4 Å². The second kappa shape index (κ2) is 8.59. The number of carbonyl (C=O) groups is 4. The first-order valence-electron chi connectivity index (χ1n) is 9.24. The molecular formula is C19H24N4O5. The predicted octanol–water partition coefficient (Wildman–Crippen LogP) is -0.505. The van der Waals surface area contributed by atoms with E-state index in [1.54, 1.807) is 18.2 Å². The van der Waals surface area contributed by atoms with E-state index >= 15 is 0 Å². The molecule has 1 fully saturated rings. The number of amides is 4. The van der Waals surface area contributed by atoms with Gasteiger partial charge in [0.1, 0.15) is 6.04 Å². The lowest BCUT2D eigenvalue weighted by atomic mass is 10.0. The first-order chi connectivity index (χ1) is 13.4. The predicted molar refractivity (Wildman–Crippen MR) is 99.3 cm³/mol. The van der Waals surface area contributed by atoms with E-state index < -0.39 is 29.7 Å². The van der Waals surface area contributed by atoms with E-state index in [0.29, 0.717) is 49.5 Å². The van der Waals surface area contributed by atoms with E-state index in [1.807, 2.05) is 11.9 Å². The number of hydrogen-bond acceptors (Lipinski definition) is 7. The summed E-state index contributed by atoms with van der Waals surface area (Å²) in [6, 6.07) is 4.16. The van der Waals surface area contributed by atoms with Gasteiger partial charge < -0.3 is 10.5 Å². The minimum absolute atomic E-state index is 0.0994. The van der Waals surface area contributed by atoms with Crippen molar-refractivity contribution < 1.29 is 23.9 Å². The van der Waals surface area contributed by atoms with Gasteiger partial charge in [-0.3, -0.25) is 34.3 Å². The molecule has 0 radical (unpaired) electrons. The Morgan fingerprint density at radius 2 is 2.00 bits per heavy atom. The SMILES string of the molecule is CN(CCOCCN)Cc1cccc2c1C(=O)N(C1CCC(=O)NC1=O)C2=O. The van der Waals surface area contributed by atoms with Crippen LogP contribution in [0.15, 0.2) is 18.2 Å². The van der Waals surface area contributed by atoms with Crippen LogP contribution in [0.2, 0.25) is 0 Å². The Morgan fingerprint density at radius 3 is 2.71 bits per heavy atom. The molecule has 2 aliphatic heterocycles. The Kier molecular flexibility index (Phi) is 6.18. The van der Waals surface area contributed by atoms with Crippen LogP contribution >= 0.6 is 0 Å². The Morgan fingerprint density at radius 1 is 1.21 bits per heavy atom. The van der Waals surface area contributed by atoms with Gasteiger partial charge in [-0.05, 0) is 25.1 Å². The lowest BCUT2D eigenvalue weighted by Gasteiger charge is -2.28. The smallest absolute Gasteiger partial charge is 0.262 e. The second-order valence-electron chi connectivity index (χ2n) is 6.93. The van der Waals surface area contributed by atoms with Gasteiger partial charge in [0.15, 0.2) is 0 Å². The fourth-order valence-corrected chi connectivity index (χ4v) is 3.49. The number of likely N-dealkylation sites (N-methyl/N-ethyl adjacent to an activating group) is 1. The van der Waals surface area contributed by atoms with E-state index in [4.69, 9.17) is 10.5 Å². The molecule has 150 valence electrons. The van der Waals surface area contributed by atoms with Crippen LogP contribution in [0.25, 0.3) is 0 Å². The van der Waals surface area contributed by atoms with Crippen LogP contribution < -0.4 is 11.1 Å². The third-order valence-corrected chi connectivity index (χ3v) is 4.87. The first kappa shape index (κ1) is 20.1. The van der Waals surface area contributed by atoms with Gasteiger partial charge in [0.25, 0.3) is 11.8 Å². The zero-order valence-corrected chi connectivity index (χ0v) is 15.8. The number of piperidine rings is 1. The van der Waals surface area contributed by atoms with Crippen molar-refractivity contribution in [2.45, 2.75) is 25.4 Å². The average Bonchev–Trinajstić information content (AvgIpc) is 2.91. The maximum absolute atomic E-state index is 13.0. The third kappa shape index (κ3) is 3.96. The van der Waals surface area contributed by atoms with Crippen molar-refractivity contribution >= 4 is 23.6 Å². The highest BCUT2D eigenvalue weighted by Gasteiger charge is 2.45. The molecule has 4 amide bonds. The molecule has 1 unspecified atom stereocenters. The average molecular weight is 388 g/mol. The molecule has 0 aliphatic carbocycles. The van der Waals surface area contributed by atoms with Crippen molar-refractivity contribution in [3.8, 4) is 0 Å². The monoisotopic (exact) mass is 388 g/mol. The molecule has 0 bridgehead atoms. The fourth-order valence-electron chi connectivity index (χ4n) is 3.49. The van der Waals surface area contributed by atoms with E-state index in [1.165, 1.54) is 0 Å². The molecule has 9 nitrogen and oxygen atoms in total. The van der Waals surface area contributed by atoms with E-state index in [2.05, 4.69) is 5.32 Å². The summed E-state index contributed by atoms with van der Waals surface area (Å²) in [7, 11) is 1.89. The van der Waals surface area contributed by atoms with Gasteiger partial charge in [-0.15, -0.1) is 0 Å². The Bertz CT molecular complexity index is 810. The maximum atomic E-state index is 13.0. The first-order valence-corrected chi connectivity index (χ1v) is 9.24. The summed E-state index contributed by atoms with van der Waals surface area (Å²) in [5.74, 6) is -1.98. The molecular weight excluding hydrogens is 364 g/mol. The topological polar surface area (TPSA) is 122 Å². The standard InChI is InChI=1S/C19H24N4O5/c1-22(8-10-28-9-7-20)11-12-3-2-4-13-16(12)19(27)23(18(13)26)14-5-6-15(24)21-17(14)25/h2-4,14H,5-11,20H2,1H3,(H,21,24,25). The molecule has 1 aromatic rings. The van der Waals surface area contributed by atoms with Gasteiger partial charge in [0.05, 0.1) is 24.3 Å². The number of nitrogens with two attached hydrogens (primary N) is 1. The highest BCUT2D eigenvalue weighted by atomic mass is 16.5. The van der Waals surface area contributed by atoms with Crippen LogP contribution in [-0.2, 0) is 20.9 Å². The van der Waals surface area contributed by atoms with Gasteiger partial charge in [-0.2, -0.15) is 0 Å². The van der Waals surface area contributed by atoms with Gasteiger partial charge in [-0.25, -0.2) is 0 Å². The number of nitrogens with zero attached hydrogens (tertiary/aromatic N) is 2. The Hall–Kier alpha value is -2.62. The molecule has 0 spiro atoms. The van der Waals surface area contributed by atoms with Crippen LogP contribution in [0.4, 0.5) is 0 Å². The van der Waals surface area contributed by atoms with Gasteiger partial charge in [-0.1, -0.05) is 12.1 Å². The van der Waals surface area contributed by atoms with Crippen molar-refractivity contribution in [3.05, 3.63) is 34.9 Å². The number of rotatable bonds is 8. The number of nitrogens with one attached hydrogen (secondary N) is 1. The molecule has 1 aromatic carbocycles. The van der Waals surface area contributed by atoms with Crippen LogP contribution in [0.5, 0.6) is 0 Å². The summed E-state index contributed by atoms with van der Waals surface area (Å²) in [4.78, 5) is 52.3. The second-order valence-corrected chi connectivity index (χ2v) is 6.93. The molecule has 0 aromatic heterocycles. The zero-order valence-electron chi connectivity index (χ0n) is 15.8. The van der Waals surface area contributed by atoms with Crippen LogP contribution in [-0.4, -0.2) is 72.8 Å². The lowest BCUT2D eigenvalue weighted by Crippen LogP contribution is -2.54. The summed E-state index contributed by atoms with van der Waals surface area (Å²) < 4.78 is 5.37. The van der Waals surface area contributed by atoms with Gasteiger partial charge >= 0.3 is 0 Å². The van der Waals surface area contributed by atoms with Crippen molar-refractivity contribution in [2.24, 2.45) is 5.73 Å². The van der Waals surface area contributed by atoms with Crippen molar-refractivity contribution in [1.29, 1.82) is 0 Å². The highest BCUT2D eigenvalue weighted by molar-refractivity contribution is 6.24. The van der Waals surface area contributed by atoms with Gasteiger partial charge in [0, 0.05) is 26.1 Å². The normalized spacial score (nSPS) is 19.4. The van der Waals surface area contributed by atoms with Crippen LogP contribution in [0.3, 0.4) is 0 Å². The minimum Gasteiger partial charge on any atom is -0.379 e. The van der Waals surface area contributed by atoms with Crippen LogP contribution in [0.1, 0.15) is 39.1 Å². The van der Waals surface area contributed by atoms with Crippen molar-refractivity contribution in [1.82, 2.24) is 15.1 Å². The molecule has 9 heteroatoms. The summed E-state index contributed by atoms with van der Waals surface area (Å²) in [6.45, 7) is 2.56. The summed E-state index contributed by atoms with van der Waals surface area (Å²) >= 11 is 0. The van der Waals surface area contributed by atoms with Gasteiger partial charge in [0.2, 0.25) is 11.8 Å². The maximum Gasteiger partial charge on any atom is 0.262 e. The Labute approximate surface area is 162 Å².